The van der Waals surface area contributed by atoms with Gasteiger partial charge in [0.2, 0.25) is 0 Å². The molecule has 2 heterocycles. The summed E-state index contributed by atoms with van der Waals surface area (Å²) in [5.41, 5.74) is 0.280. The van der Waals surface area contributed by atoms with Gasteiger partial charge in [0.15, 0.2) is 0 Å². The number of nitrogens with one attached hydrogen (secondary N) is 1. The van der Waals surface area contributed by atoms with Crippen LogP contribution in [0.5, 0.6) is 0 Å². The summed E-state index contributed by atoms with van der Waals surface area (Å²) in [6.07, 6.45) is 7.70. The van der Waals surface area contributed by atoms with Crippen molar-refractivity contribution in [1.29, 1.82) is 0 Å². The van der Waals surface area contributed by atoms with E-state index >= 15 is 0 Å². The molecule has 4 nitrogen and oxygen atoms in total. The molecule has 3 rings (SSSR count). The van der Waals surface area contributed by atoms with Gasteiger partial charge in [0.1, 0.15) is 5.82 Å². The van der Waals surface area contributed by atoms with E-state index in [2.05, 4.69) is 41.0 Å². The average Bonchev–Trinajstić information content (AvgIpc) is 3.28. The summed E-state index contributed by atoms with van der Waals surface area (Å²) in [6.45, 7) is 10.1. The summed E-state index contributed by atoms with van der Waals surface area (Å²) < 4.78 is 0. The van der Waals surface area contributed by atoms with Crippen LogP contribution in [-0.2, 0) is 6.54 Å². The van der Waals surface area contributed by atoms with Crippen LogP contribution in [0.2, 0.25) is 0 Å². The Kier molecular flexibility index (Phi) is 4.27. The lowest BCUT2D eigenvalue weighted by molar-refractivity contribution is 0.0561. The zero-order valence-electron chi connectivity index (χ0n) is 13.5. The molecule has 1 saturated carbocycles. The van der Waals surface area contributed by atoms with Crippen molar-refractivity contribution in [3.8, 4) is 0 Å². The van der Waals surface area contributed by atoms with E-state index in [0.29, 0.717) is 6.04 Å². The molecule has 0 bridgehead atoms. The molecule has 1 aliphatic carbocycles. The van der Waals surface area contributed by atoms with Crippen molar-refractivity contribution in [1.82, 2.24) is 20.2 Å². The third kappa shape index (κ3) is 3.61. The fourth-order valence-corrected chi connectivity index (χ4v) is 3.64. The lowest BCUT2D eigenvalue weighted by Gasteiger charge is -2.47. The molecule has 21 heavy (non-hydrogen) atoms. The maximum Gasteiger partial charge on any atom is 0.142 e. The highest BCUT2D eigenvalue weighted by molar-refractivity contribution is 5.05. The molecule has 1 aromatic heterocycles. The molecular formula is C17H28N4. The highest BCUT2D eigenvalue weighted by atomic mass is 15.3. The Morgan fingerprint density at radius 1 is 1.33 bits per heavy atom. The van der Waals surface area contributed by atoms with Gasteiger partial charge in [-0.2, -0.15) is 0 Å². The van der Waals surface area contributed by atoms with Crippen molar-refractivity contribution in [3.05, 3.63) is 24.3 Å². The summed E-state index contributed by atoms with van der Waals surface area (Å²) in [5.74, 6) is 2.53. The Morgan fingerprint density at radius 2 is 2.05 bits per heavy atom. The topological polar surface area (TPSA) is 41.0 Å². The average molecular weight is 288 g/mol. The Bertz CT molecular complexity index is 457. The first-order valence-electron chi connectivity index (χ1n) is 8.32. The quantitative estimate of drug-likeness (QED) is 0.903. The monoisotopic (exact) mass is 288 g/mol. The smallest absolute Gasteiger partial charge is 0.142 e. The highest BCUT2D eigenvalue weighted by Crippen LogP contribution is 2.41. The molecule has 2 unspecified atom stereocenters. The molecule has 1 aliphatic heterocycles. The van der Waals surface area contributed by atoms with Gasteiger partial charge in [-0.05, 0) is 44.1 Å². The van der Waals surface area contributed by atoms with E-state index in [0.717, 1.165) is 37.3 Å². The summed E-state index contributed by atoms with van der Waals surface area (Å²) in [6, 6.07) is 2.49. The second-order valence-electron chi connectivity index (χ2n) is 7.43. The molecule has 4 heteroatoms. The first-order chi connectivity index (χ1) is 10.1. The third-order valence-electron chi connectivity index (χ3n) is 4.98. The first-order valence-corrected chi connectivity index (χ1v) is 8.32. The number of piperazine rings is 1. The van der Waals surface area contributed by atoms with Crippen molar-refractivity contribution in [2.45, 2.75) is 58.2 Å². The minimum absolute atomic E-state index is 0.280. The van der Waals surface area contributed by atoms with Crippen LogP contribution in [0.3, 0.4) is 0 Å². The summed E-state index contributed by atoms with van der Waals surface area (Å²) in [4.78, 5) is 11.5. The molecule has 0 radical (unpaired) electrons. The van der Waals surface area contributed by atoms with Crippen molar-refractivity contribution >= 4 is 0 Å². The molecule has 1 N–H and O–H groups in total. The minimum atomic E-state index is 0.280. The number of nitrogens with zero attached hydrogens (tertiary/aromatic N) is 3. The zero-order valence-corrected chi connectivity index (χ0v) is 13.5. The van der Waals surface area contributed by atoms with Crippen LogP contribution in [0.1, 0.15) is 45.9 Å². The van der Waals surface area contributed by atoms with Gasteiger partial charge in [0, 0.05) is 37.1 Å². The third-order valence-corrected chi connectivity index (χ3v) is 4.98. The van der Waals surface area contributed by atoms with Crippen LogP contribution in [0.4, 0.5) is 0 Å². The van der Waals surface area contributed by atoms with Gasteiger partial charge in [0.05, 0.1) is 6.54 Å². The fourth-order valence-electron chi connectivity index (χ4n) is 3.64. The molecule has 2 fully saturated rings. The van der Waals surface area contributed by atoms with Crippen LogP contribution in [-0.4, -0.2) is 39.5 Å². The number of rotatable bonds is 5. The molecular weight excluding hydrogens is 260 g/mol. The number of aromatic nitrogens is 2. The van der Waals surface area contributed by atoms with Gasteiger partial charge >= 0.3 is 0 Å². The van der Waals surface area contributed by atoms with E-state index in [9.17, 15) is 0 Å². The first kappa shape index (κ1) is 14.9. The number of hydrogen-bond acceptors (Lipinski definition) is 4. The predicted octanol–water partition coefficient (Wildman–Crippen LogP) is 2.47. The molecule has 0 aromatic carbocycles. The predicted molar refractivity (Wildman–Crippen MR) is 84.8 cm³/mol. The van der Waals surface area contributed by atoms with Gasteiger partial charge < -0.3 is 5.32 Å². The minimum Gasteiger partial charge on any atom is -0.308 e. The maximum absolute atomic E-state index is 4.42. The van der Waals surface area contributed by atoms with Gasteiger partial charge in [0.25, 0.3) is 0 Å². The van der Waals surface area contributed by atoms with Gasteiger partial charge in [-0.25, -0.2) is 9.97 Å². The van der Waals surface area contributed by atoms with Gasteiger partial charge in [-0.3, -0.25) is 4.90 Å². The van der Waals surface area contributed by atoms with Crippen molar-refractivity contribution in [2.75, 3.05) is 13.1 Å². The van der Waals surface area contributed by atoms with Crippen LogP contribution in [0.25, 0.3) is 0 Å². The largest absolute Gasteiger partial charge is 0.308 e. The molecule has 1 saturated heterocycles. The van der Waals surface area contributed by atoms with Crippen LogP contribution < -0.4 is 5.32 Å². The van der Waals surface area contributed by atoms with Crippen molar-refractivity contribution in [3.63, 3.8) is 0 Å². The summed E-state index contributed by atoms with van der Waals surface area (Å²) in [5, 5.41) is 3.85. The molecule has 0 spiro atoms. The normalized spacial score (nSPS) is 30.8. The molecule has 0 amide bonds. The van der Waals surface area contributed by atoms with E-state index in [4.69, 9.17) is 0 Å². The van der Waals surface area contributed by atoms with E-state index in [-0.39, 0.29) is 5.54 Å². The van der Waals surface area contributed by atoms with Crippen molar-refractivity contribution in [2.24, 2.45) is 11.8 Å². The Labute approximate surface area is 128 Å². The van der Waals surface area contributed by atoms with Gasteiger partial charge in [-0.1, -0.05) is 13.8 Å². The lowest BCUT2D eigenvalue weighted by Crippen LogP contribution is -2.63. The Balaban J connectivity index is 1.72. The van der Waals surface area contributed by atoms with E-state index in [1.54, 1.807) is 0 Å². The Hall–Kier alpha value is -1.00. The fraction of sp³-hybridized carbons (Fsp3) is 0.765. The molecule has 116 valence electrons. The van der Waals surface area contributed by atoms with Gasteiger partial charge in [-0.15, -0.1) is 0 Å². The molecule has 2 atom stereocenters. The lowest BCUT2D eigenvalue weighted by atomic mass is 9.89. The van der Waals surface area contributed by atoms with Crippen LogP contribution >= 0.6 is 0 Å². The second kappa shape index (κ2) is 6.01. The maximum atomic E-state index is 4.42. The SMILES string of the molecule is CC(C)CC1CNC(C)(C2CC2)CN1Cc1ncccn1. The van der Waals surface area contributed by atoms with E-state index in [1.807, 2.05) is 18.5 Å². The van der Waals surface area contributed by atoms with Crippen molar-refractivity contribution < 1.29 is 0 Å². The zero-order chi connectivity index (χ0) is 14.9. The molecule has 1 aromatic rings. The highest BCUT2D eigenvalue weighted by Gasteiger charge is 2.46. The van der Waals surface area contributed by atoms with E-state index in [1.165, 1.54) is 19.3 Å². The summed E-state index contributed by atoms with van der Waals surface area (Å²) in [7, 11) is 0. The van der Waals surface area contributed by atoms with Crippen LogP contribution in [0, 0.1) is 11.8 Å². The molecule has 2 aliphatic rings. The Morgan fingerprint density at radius 3 is 2.67 bits per heavy atom. The van der Waals surface area contributed by atoms with Crippen LogP contribution in [0.15, 0.2) is 18.5 Å². The second-order valence-corrected chi connectivity index (χ2v) is 7.43. The standard InChI is InChI=1S/C17H28N4/c1-13(2)9-15-10-20-17(3,14-5-6-14)12-21(15)11-16-18-7-4-8-19-16/h4,7-8,13-15,20H,5-6,9-12H2,1-3H3. The summed E-state index contributed by atoms with van der Waals surface area (Å²) >= 11 is 0. The van der Waals surface area contributed by atoms with E-state index < -0.39 is 0 Å². The number of hydrogen-bond donors (Lipinski definition) is 1.